The van der Waals surface area contributed by atoms with Crippen molar-refractivity contribution < 1.29 is 4.74 Å². The van der Waals surface area contributed by atoms with Crippen LogP contribution in [0.25, 0.3) is 0 Å². The van der Waals surface area contributed by atoms with E-state index < -0.39 is 0 Å². The van der Waals surface area contributed by atoms with Crippen LogP contribution in [-0.2, 0) is 18.2 Å². The minimum atomic E-state index is 0.400. The molecule has 0 unspecified atom stereocenters. The number of hydrogen-bond donors (Lipinski definition) is 2. The lowest BCUT2D eigenvalue weighted by molar-refractivity contribution is 0.0327. The number of aromatic nitrogens is 2. The molecule has 1 fully saturated rings. The molecule has 0 bridgehead atoms. The van der Waals surface area contributed by atoms with Crippen LogP contribution in [-0.4, -0.2) is 29.0 Å². The first kappa shape index (κ1) is 12.2. The largest absolute Gasteiger partial charge is 0.394 e. The van der Waals surface area contributed by atoms with Gasteiger partial charge in [-0.25, -0.2) is 0 Å². The number of methoxy groups -OCH3 is 1. The number of ether oxygens (including phenoxy) is 1. The summed E-state index contributed by atoms with van der Waals surface area (Å²) >= 11 is 0. The van der Waals surface area contributed by atoms with Crippen molar-refractivity contribution in [3.05, 3.63) is 5.69 Å². The van der Waals surface area contributed by atoms with Crippen LogP contribution in [0, 0.1) is 0 Å². The van der Waals surface area contributed by atoms with E-state index in [1.807, 2.05) is 11.7 Å². The van der Waals surface area contributed by atoms with Crippen LogP contribution in [0.1, 0.15) is 31.9 Å². The van der Waals surface area contributed by atoms with Crippen molar-refractivity contribution in [1.82, 2.24) is 9.78 Å². The zero-order chi connectivity index (χ0) is 12.4. The summed E-state index contributed by atoms with van der Waals surface area (Å²) in [4.78, 5) is 0. The second-order valence-electron chi connectivity index (χ2n) is 4.75. The van der Waals surface area contributed by atoms with Gasteiger partial charge in [0.1, 0.15) is 5.82 Å². The molecule has 0 atom stereocenters. The van der Waals surface area contributed by atoms with Crippen LogP contribution >= 0.6 is 0 Å². The highest BCUT2D eigenvalue weighted by atomic mass is 16.5. The third-order valence-corrected chi connectivity index (χ3v) is 3.42. The van der Waals surface area contributed by atoms with Gasteiger partial charge in [-0.05, 0) is 19.3 Å². The van der Waals surface area contributed by atoms with Crippen LogP contribution < -0.4 is 11.1 Å². The van der Waals surface area contributed by atoms with Gasteiger partial charge in [-0.2, -0.15) is 5.10 Å². The molecule has 0 saturated heterocycles. The van der Waals surface area contributed by atoms with Gasteiger partial charge in [0, 0.05) is 20.2 Å². The molecule has 0 aromatic carbocycles. The van der Waals surface area contributed by atoms with Gasteiger partial charge in [0.25, 0.3) is 0 Å². The predicted molar refractivity (Wildman–Crippen MR) is 69.1 cm³/mol. The van der Waals surface area contributed by atoms with Crippen molar-refractivity contribution in [3.8, 4) is 0 Å². The normalized spacial score (nSPS) is 23.5. The first-order chi connectivity index (χ1) is 8.15. The Kier molecular flexibility index (Phi) is 3.57. The van der Waals surface area contributed by atoms with Gasteiger partial charge in [-0.3, -0.25) is 4.68 Å². The Hall–Kier alpha value is -1.23. The van der Waals surface area contributed by atoms with Crippen molar-refractivity contribution in [2.24, 2.45) is 7.05 Å². The minimum Gasteiger partial charge on any atom is -0.394 e. The number of nitrogens with zero attached hydrogens (tertiary/aromatic N) is 2. The lowest BCUT2D eigenvalue weighted by Crippen LogP contribution is -2.40. The maximum Gasteiger partial charge on any atom is 0.148 e. The lowest BCUT2D eigenvalue weighted by atomic mass is 9.89. The van der Waals surface area contributed by atoms with Crippen molar-refractivity contribution >= 4 is 11.5 Å². The third kappa shape index (κ3) is 2.39. The van der Waals surface area contributed by atoms with Crippen molar-refractivity contribution in [1.29, 1.82) is 0 Å². The van der Waals surface area contributed by atoms with Crippen molar-refractivity contribution in [2.75, 3.05) is 18.2 Å². The first-order valence-corrected chi connectivity index (χ1v) is 6.26. The monoisotopic (exact) mass is 238 g/mol. The molecule has 3 N–H and O–H groups in total. The zero-order valence-electron chi connectivity index (χ0n) is 10.9. The molecule has 17 heavy (non-hydrogen) atoms. The fourth-order valence-corrected chi connectivity index (χ4v) is 2.26. The Labute approximate surface area is 102 Å². The Morgan fingerprint density at radius 3 is 2.82 bits per heavy atom. The second-order valence-corrected chi connectivity index (χ2v) is 4.75. The number of nitrogens with two attached hydrogens (primary N) is 1. The average Bonchev–Trinajstić information content (AvgIpc) is 2.50. The maximum atomic E-state index is 6.11. The Bertz CT molecular complexity index is 382. The molecule has 5 nitrogen and oxygen atoms in total. The van der Waals surface area contributed by atoms with Gasteiger partial charge in [0.2, 0.25) is 0 Å². The van der Waals surface area contributed by atoms with Crippen LogP contribution in [0.3, 0.4) is 0 Å². The first-order valence-electron chi connectivity index (χ1n) is 6.26. The molecule has 96 valence electrons. The molecular weight excluding hydrogens is 216 g/mol. The van der Waals surface area contributed by atoms with E-state index in [1.165, 1.54) is 0 Å². The standard InChI is InChI=1S/C12H22N4O/c1-4-5-10-11(13)12(16(2)15-10)14-8-6-9(7-8)17-3/h8-9,14H,4-7,13H2,1-3H3. The number of nitrogen functional groups attached to an aromatic ring is 1. The zero-order valence-corrected chi connectivity index (χ0v) is 10.9. The quantitative estimate of drug-likeness (QED) is 0.816. The SMILES string of the molecule is CCCc1nn(C)c(NC2CC(OC)C2)c1N. The lowest BCUT2D eigenvalue weighted by Gasteiger charge is -2.35. The van der Waals surface area contributed by atoms with Gasteiger partial charge in [0.15, 0.2) is 0 Å². The summed E-state index contributed by atoms with van der Waals surface area (Å²) in [6, 6.07) is 0.465. The number of anilines is 2. The predicted octanol–water partition coefficient (Wildman–Crippen LogP) is 1.54. The molecule has 1 saturated carbocycles. The molecule has 0 aliphatic heterocycles. The van der Waals surface area contributed by atoms with Crippen molar-refractivity contribution in [3.63, 3.8) is 0 Å². The molecule has 1 heterocycles. The van der Waals surface area contributed by atoms with Gasteiger partial charge in [-0.1, -0.05) is 13.3 Å². The summed E-state index contributed by atoms with van der Waals surface area (Å²) < 4.78 is 7.11. The molecule has 2 rings (SSSR count). The minimum absolute atomic E-state index is 0.400. The van der Waals surface area contributed by atoms with E-state index in [-0.39, 0.29) is 0 Å². The number of nitrogens with one attached hydrogen (secondary N) is 1. The molecule has 1 aromatic heterocycles. The molecule has 1 aromatic rings. The van der Waals surface area contributed by atoms with E-state index in [4.69, 9.17) is 10.5 Å². The Morgan fingerprint density at radius 1 is 1.53 bits per heavy atom. The molecule has 0 spiro atoms. The average molecular weight is 238 g/mol. The van der Waals surface area contributed by atoms with E-state index in [1.54, 1.807) is 7.11 Å². The smallest absolute Gasteiger partial charge is 0.148 e. The molecule has 0 radical (unpaired) electrons. The number of hydrogen-bond acceptors (Lipinski definition) is 4. The van der Waals surface area contributed by atoms with Gasteiger partial charge >= 0.3 is 0 Å². The van der Waals surface area contributed by atoms with Gasteiger partial charge in [0.05, 0.1) is 17.5 Å². The Morgan fingerprint density at radius 2 is 2.24 bits per heavy atom. The van der Waals surface area contributed by atoms with Gasteiger partial charge < -0.3 is 15.8 Å². The molecule has 5 heteroatoms. The fraction of sp³-hybridized carbons (Fsp3) is 0.750. The highest BCUT2D eigenvalue weighted by molar-refractivity contribution is 5.65. The van der Waals surface area contributed by atoms with E-state index in [9.17, 15) is 0 Å². The van der Waals surface area contributed by atoms with E-state index >= 15 is 0 Å². The maximum absolute atomic E-state index is 6.11. The number of aryl methyl sites for hydroxylation is 2. The van der Waals surface area contributed by atoms with Crippen LogP contribution in [0.15, 0.2) is 0 Å². The summed E-state index contributed by atoms with van der Waals surface area (Å²) in [5.41, 5.74) is 7.91. The topological polar surface area (TPSA) is 65.1 Å². The molecule has 1 aliphatic carbocycles. The van der Waals surface area contributed by atoms with Crippen LogP contribution in [0.2, 0.25) is 0 Å². The highest BCUT2D eigenvalue weighted by Gasteiger charge is 2.30. The molecule has 1 aliphatic rings. The third-order valence-electron chi connectivity index (χ3n) is 3.42. The fourth-order valence-electron chi connectivity index (χ4n) is 2.26. The van der Waals surface area contributed by atoms with E-state index in [0.717, 1.165) is 42.9 Å². The molecule has 0 amide bonds. The van der Waals surface area contributed by atoms with Crippen LogP contribution in [0.5, 0.6) is 0 Å². The summed E-state index contributed by atoms with van der Waals surface area (Å²) in [5.74, 6) is 0.952. The summed E-state index contributed by atoms with van der Waals surface area (Å²) in [6.45, 7) is 2.14. The van der Waals surface area contributed by atoms with Crippen molar-refractivity contribution in [2.45, 2.75) is 44.8 Å². The summed E-state index contributed by atoms with van der Waals surface area (Å²) in [7, 11) is 3.70. The Balaban J connectivity index is 2.01. The highest BCUT2D eigenvalue weighted by Crippen LogP contribution is 2.30. The number of rotatable bonds is 5. The molecular formula is C12H22N4O. The van der Waals surface area contributed by atoms with E-state index in [2.05, 4.69) is 17.3 Å². The van der Waals surface area contributed by atoms with Crippen LogP contribution in [0.4, 0.5) is 11.5 Å². The summed E-state index contributed by atoms with van der Waals surface area (Å²) in [5, 5.41) is 7.90. The van der Waals surface area contributed by atoms with Gasteiger partial charge in [-0.15, -0.1) is 0 Å². The summed E-state index contributed by atoms with van der Waals surface area (Å²) in [6.07, 6.45) is 4.49. The second kappa shape index (κ2) is 4.96. The van der Waals surface area contributed by atoms with E-state index in [0.29, 0.717) is 12.1 Å².